The smallest absolute Gasteiger partial charge is 0.271 e. The van der Waals surface area contributed by atoms with Crippen LogP contribution in [-0.4, -0.2) is 59.1 Å². The first-order valence-electron chi connectivity index (χ1n) is 10.9. The number of halogens is 2. The van der Waals surface area contributed by atoms with Gasteiger partial charge in [0.25, 0.3) is 17.7 Å². The van der Waals surface area contributed by atoms with Crippen LogP contribution in [0.25, 0.3) is 0 Å². The van der Waals surface area contributed by atoms with Crippen molar-refractivity contribution < 1.29 is 28.0 Å². The standard InChI is InChI=1S/C22H24F2N4O4/c23-22(24)13-4-2-8-21(22,11-25-10-13)26-9-12-3-1-5-14-17(12)20(32)28(19(14)31)15-6-7-16(29)27-18(15)30/h1,3,5,13,15,25-26H,2,4,6-11H2,(H,27,29,30). The molecule has 1 aliphatic carbocycles. The van der Waals surface area contributed by atoms with Gasteiger partial charge < -0.3 is 10.6 Å². The predicted molar refractivity (Wildman–Crippen MR) is 108 cm³/mol. The fourth-order valence-electron chi connectivity index (χ4n) is 5.55. The summed E-state index contributed by atoms with van der Waals surface area (Å²) in [6, 6.07) is 3.67. The number of rotatable bonds is 4. The lowest BCUT2D eigenvalue weighted by Gasteiger charge is -2.52. The fourth-order valence-corrected chi connectivity index (χ4v) is 5.55. The van der Waals surface area contributed by atoms with Crippen molar-refractivity contribution in [3.8, 4) is 0 Å². The number of hydrogen-bond acceptors (Lipinski definition) is 6. The second kappa shape index (κ2) is 7.41. The van der Waals surface area contributed by atoms with Crippen LogP contribution in [0.5, 0.6) is 0 Å². The summed E-state index contributed by atoms with van der Waals surface area (Å²) >= 11 is 0. The maximum Gasteiger partial charge on any atom is 0.271 e. The minimum atomic E-state index is -2.88. The molecule has 170 valence electrons. The molecule has 8 nitrogen and oxygen atoms in total. The summed E-state index contributed by atoms with van der Waals surface area (Å²) in [4.78, 5) is 50.8. The van der Waals surface area contributed by atoms with Gasteiger partial charge in [0.05, 0.1) is 16.7 Å². The van der Waals surface area contributed by atoms with E-state index in [0.29, 0.717) is 24.8 Å². The molecule has 3 atom stereocenters. The fraction of sp³-hybridized carbons (Fsp3) is 0.545. The van der Waals surface area contributed by atoms with Crippen LogP contribution in [0.4, 0.5) is 8.78 Å². The van der Waals surface area contributed by atoms with Gasteiger partial charge in [-0.15, -0.1) is 0 Å². The van der Waals surface area contributed by atoms with Gasteiger partial charge >= 0.3 is 0 Å². The highest BCUT2D eigenvalue weighted by Crippen LogP contribution is 2.47. The van der Waals surface area contributed by atoms with E-state index in [9.17, 15) is 19.2 Å². The molecule has 4 amide bonds. The Kier molecular flexibility index (Phi) is 4.90. The number of amides is 4. The molecule has 4 aliphatic rings. The SMILES string of the molecule is O=C1CCC(N2C(=O)c3cccc(CNC45CCCC(CNC4)C5(F)F)c3C2=O)C(=O)N1. The Morgan fingerprint density at radius 1 is 1.12 bits per heavy atom. The summed E-state index contributed by atoms with van der Waals surface area (Å²) in [5.74, 6) is -5.99. The van der Waals surface area contributed by atoms with Gasteiger partial charge in [-0.2, -0.15) is 0 Å². The molecule has 0 aromatic heterocycles. The zero-order valence-electron chi connectivity index (χ0n) is 17.4. The topological polar surface area (TPSA) is 108 Å². The highest BCUT2D eigenvalue weighted by Gasteiger charge is 2.61. The molecule has 0 radical (unpaired) electrons. The molecule has 2 saturated heterocycles. The molecule has 1 saturated carbocycles. The number of imide groups is 2. The first-order valence-corrected chi connectivity index (χ1v) is 10.9. The van der Waals surface area contributed by atoms with Gasteiger partial charge in [-0.3, -0.25) is 29.4 Å². The third kappa shape index (κ3) is 3.00. The second-order valence-corrected chi connectivity index (χ2v) is 9.07. The minimum Gasteiger partial charge on any atom is -0.314 e. The van der Waals surface area contributed by atoms with Gasteiger partial charge in [0.1, 0.15) is 6.04 Å². The number of fused-ring (bicyclic) bond motifs is 3. The maximum absolute atomic E-state index is 15.2. The molecule has 5 rings (SSSR count). The molecule has 10 heteroatoms. The van der Waals surface area contributed by atoms with Crippen molar-refractivity contribution in [2.75, 3.05) is 13.1 Å². The van der Waals surface area contributed by atoms with Gasteiger partial charge in [-0.1, -0.05) is 18.6 Å². The first-order chi connectivity index (χ1) is 15.2. The summed E-state index contributed by atoms with van der Waals surface area (Å²) < 4.78 is 30.3. The summed E-state index contributed by atoms with van der Waals surface area (Å²) in [6.07, 6.45) is 1.57. The molecular weight excluding hydrogens is 422 g/mol. The van der Waals surface area contributed by atoms with Crippen molar-refractivity contribution in [2.45, 2.75) is 56.2 Å². The van der Waals surface area contributed by atoms with Gasteiger partial charge in [0.15, 0.2) is 0 Å². The Balaban J connectivity index is 1.41. The third-order valence-corrected chi connectivity index (χ3v) is 7.30. The highest BCUT2D eigenvalue weighted by molar-refractivity contribution is 6.24. The van der Waals surface area contributed by atoms with Crippen LogP contribution in [0.2, 0.25) is 0 Å². The minimum absolute atomic E-state index is 0.00459. The molecule has 1 aromatic carbocycles. The molecule has 3 fully saturated rings. The van der Waals surface area contributed by atoms with Crippen LogP contribution in [-0.2, 0) is 16.1 Å². The van der Waals surface area contributed by atoms with E-state index >= 15 is 8.78 Å². The number of benzene rings is 1. The molecule has 3 heterocycles. The van der Waals surface area contributed by atoms with Crippen molar-refractivity contribution in [3.63, 3.8) is 0 Å². The predicted octanol–water partition coefficient (Wildman–Crippen LogP) is 0.955. The normalized spacial score (nSPS) is 31.5. The number of nitrogens with one attached hydrogen (secondary N) is 3. The van der Waals surface area contributed by atoms with E-state index in [1.165, 1.54) is 6.07 Å². The van der Waals surface area contributed by atoms with Crippen LogP contribution >= 0.6 is 0 Å². The van der Waals surface area contributed by atoms with Crippen LogP contribution in [0.1, 0.15) is 58.4 Å². The van der Waals surface area contributed by atoms with E-state index in [-0.39, 0.29) is 43.6 Å². The Bertz CT molecular complexity index is 1020. The van der Waals surface area contributed by atoms with Crippen molar-refractivity contribution in [1.82, 2.24) is 20.9 Å². The van der Waals surface area contributed by atoms with Crippen molar-refractivity contribution in [3.05, 3.63) is 34.9 Å². The van der Waals surface area contributed by atoms with Crippen molar-refractivity contribution in [1.29, 1.82) is 0 Å². The highest BCUT2D eigenvalue weighted by atomic mass is 19.3. The average Bonchev–Trinajstić information content (AvgIpc) is 2.98. The number of piperidine rings is 2. The van der Waals surface area contributed by atoms with Crippen LogP contribution in [0.3, 0.4) is 0 Å². The summed E-state index contributed by atoms with van der Waals surface area (Å²) in [7, 11) is 0. The monoisotopic (exact) mass is 446 g/mol. The molecule has 2 bridgehead atoms. The summed E-state index contributed by atoms with van der Waals surface area (Å²) in [5, 5.41) is 8.29. The van der Waals surface area contributed by atoms with Crippen LogP contribution < -0.4 is 16.0 Å². The molecule has 3 aliphatic heterocycles. The quantitative estimate of drug-likeness (QED) is 0.595. The number of nitrogens with zero attached hydrogens (tertiary/aromatic N) is 1. The van der Waals surface area contributed by atoms with E-state index in [1.54, 1.807) is 12.1 Å². The first kappa shape index (κ1) is 21.1. The van der Waals surface area contributed by atoms with Crippen LogP contribution in [0, 0.1) is 5.92 Å². The second-order valence-electron chi connectivity index (χ2n) is 9.07. The molecule has 0 spiro atoms. The Morgan fingerprint density at radius 3 is 2.72 bits per heavy atom. The lowest BCUT2D eigenvalue weighted by atomic mass is 9.69. The maximum atomic E-state index is 15.2. The zero-order chi connectivity index (χ0) is 22.7. The van der Waals surface area contributed by atoms with Crippen LogP contribution in [0.15, 0.2) is 18.2 Å². The van der Waals surface area contributed by atoms with Gasteiger partial charge in [-0.25, -0.2) is 8.78 Å². The number of hydrogen-bond donors (Lipinski definition) is 3. The Labute approximate surface area is 183 Å². The van der Waals surface area contributed by atoms with Crippen molar-refractivity contribution >= 4 is 23.6 Å². The average molecular weight is 446 g/mol. The lowest BCUT2D eigenvalue weighted by molar-refractivity contribution is -0.172. The molecule has 1 aromatic rings. The molecule has 3 unspecified atom stereocenters. The van der Waals surface area contributed by atoms with Crippen molar-refractivity contribution in [2.24, 2.45) is 5.92 Å². The summed E-state index contributed by atoms with van der Waals surface area (Å²) in [5.41, 5.74) is -0.697. The lowest BCUT2D eigenvalue weighted by Crippen LogP contribution is -2.72. The van der Waals surface area contributed by atoms with E-state index in [2.05, 4.69) is 16.0 Å². The van der Waals surface area contributed by atoms with E-state index < -0.39 is 47.0 Å². The third-order valence-electron chi connectivity index (χ3n) is 7.30. The number of carbonyl (C=O) groups excluding carboxylic acids is 4. The molecule has 32 heavy (non-hydrogen) atoms. The zero-order valence-corrected chi connectivity index (χ0v) is 17.4. The number of carbonyl (C=O) groups is 4. The van der Waals surface area contributed by atoms with E-state index in [0.717, 1.165) is 4.90 Å². The number of alkyl halides is 2. The van der Waals surface area contributed by atoms with E-state index in [4.69, 9.17) is 0 Å². The summed E-state index contributed by atoms with van der Waals surface area (Å²) in [6.45, 7) is 0.404. The molecule has 3 N–H and O–H groups in total. The van der Waals surface area contributed by atoms with Gasteiger partial charge in [-0.05, 0) is 30.9 Å². The van der Waals surface area contributed by atoms with Gasteiger partial charge in [0.2, 0.25) is 11.8 Å². The Hall–Kier alpha value is -2.72. The van der Waals surface area contributed by atoms with E-state index in [1.807, 2.05) is 0 Å². The Morgan fingerprint density at radius 2 is 1.94 bits per heavy atom. The van der Waals surface area contributed by atoms with Gasteiger partial charge in [0, 0.05) is 32.0 Å². The molecular formula is C22H24F2N4O4. The largest absolute Gasteiger partial charge is 0.314 e.